The monoisotopic (exact) mass is 975 g/mol. The van der Waals surface area contributed by atoms with Crippen molar-refractivity contribution in [2.24, 2.45) is 0 Å². The van der Waals surface area contributed by atoms with Crippen molar-refractivity contribution in [3.63, 3.8) is 0 Å². The Bertz CT molecular complexity index is 1200. The fourth-order valence-corrected chi connectivity index (χ4v) is 9.66. The summed E-state index contributed by atoms with van der Waals surface area (Å²) in [5.41, 5.74) is 0. The number of phosphoric acid groups is 1. The molecule has 67 heavy (non-hydrogen) atoms. The maximum absolute atomic E-state index is 12.9. The summed E-state index contributed by atoms with van der Waals surface area (Å²) in [5, 5.41) is 50.4. The summed E-state index contributed by atoms with van der Waals surface area (Å²) in [6, 6.07) is 0. The van der Waals surface area contributed by atoms with Gasteiger partial charge in [-0.1, -0.05) is 224 Å². The van der Waals surface area contributed by atoms with Crippen LogP contribution in [0, 0.1) is 0 Å². The quantitative estimate of drug-likeness (QED) is 0.0147. The van der Waals surface area contributed by atoms with Gasteiger partial charge in [-0.15, -0.1) is 0 Å². The minimum Gasteiger partial charge on any atom is -0.457 e. The lowest BCUT2D eigenvalue weighted by Crippen LogP contribution is -2.64. The highest BCUT2D eigenvalue weighted by Crippen LogP contribution is 2.47. The molecule has 1 rings (SSSR count). The Morgan fingerprint density at radius 1 is 0.478 bits per heavy atom. The number of carbonyl (C=O) groups is 1. The van der Waals surface area contributed by atoms with E-state index in [2.05, 4.69) is 38.2 Å². The molecule has 6 unspecified atom stereocenters. The molecule has 0 bridgehead atoms. The highest BCUT2D eigenvalue weighted by Gasteiger charge is 2.51. The second-order valence-corrected chi connectivity index (χ2v) is 20.8. The first-order chi connectivity index (χ1) is 32.5. The molecule has 0 spiro atoms. The van der Waals surface area contributed by atoms with E-state index in [1.54, 1.807) is 0 Å². The number of hydrogen-bond acceptors (Lipinski definition) is 11. The van der Waals surface area contributed by atoms with E-state index in [9.17, 15) is 39.8 Å². The van der Waals surface area contributed by atoms with Crippen molar-refractivity contribution in [1.82, 2.24) is 0 Å². The Morgan fingerprint density at radius 2 is 0.836 bits per heavy atom. The molecule has 0 heterocycles. The molecule has 1 fully saturated rings. The number of ether oxygens (including phenoxy) is 2. The molecule has 0 saturated heterocycles. The van der Waals surface area contributed by atoms with Crippen LogP contribution in [0.4, 0.5) is 0 Å². The number of carbonyl (C=O) groups excluding carboxylic acids is 1. The molecule has 12 nitrogen and oxygen atoms in total. The van der Waals surface area contributed by atoms with Crippen molar-refractivity contribution in [2.75, 3.05) is 19.8 Å². The minimum absolute atomic E-state index is 0.0734. The first-order valence-electron chi connectivity index (χ1n) is 27.7. The number of phosphoric ester groups is 1. The predicted octanol–water partition coefficient (Wildman–Crippen LogP) is 12.8. The third-order valence-electron chi connectivity index (χ3n) is 13.1. The van der Waals surface area contributed by atoms with E-state index in [-0.39, 0.29) is 13.0 Å². The van der Waals surface area contributed by atoms with Gasteiger partial charge in [0, 0.05) is 13.0 Å². The molecule has 0 radical (unpaired) electrons. The van der Waals surface area contributed by atoms with Gasteiger partial charge < -0.3 is 39.9 Å². The Hall–Kier alpha value is -1.18. The number of esters is 1. The molecule has 0 amide bonds. The van der Waals surface area contributed by atoms with E-state index in [1.165, 1.54) is 173 Å². The highest BCUT2D eigenvalue weighted by atomic mass is 31.2. The summed E-state index contributed by atoms with van der Waals surface area (Å²) < 4.78 is 34.4. The van der Waals surface area contributed by atoms with E-state index in [1.807, 2.05) is 0 Å². The van der Waals surface area contributed by atoms with Gasteiger partial charge >= 0.3 is 13.8 Å². The summed E-state index contributed by atoms with van der Waals surface area (Å²) in [6.07, 6.45) is 41.0. The van der Waals surface area contributed by atoms with Crippen LogP contribution in [-0.4, -0.2) is 98.9 Å². The van der Waals surface area contributed by atoms with E-state index in [4.69, 9.17) is 18.5 Å². The number of allylic oxidation sites excluding steroid dienone is 4. The SMILES string of the molecule is CCCCCCC/C=C\C/C=C\CCCCCCCCCCCC(=O)OC(COCCCCCCCCCCCCCCCCCCCCC)COP(=O)(O)OC1C(O)C(O)C(O)C(O)C1O. The van der Waals surface area contributed by atoms with Gasteiger partial charge in [0.25, 0.3) is 0 Å². The maximum atomic E-state index is 12.9. The van der Waals surface area contributed by atoms with Crippen molar-refractivity contribution < 1.29 is 58.3 Å². The molecule has 6 atom stereocenters. The van der Waals surface area contributed by atoms with E-state index in [0.717, 1.165) is 51.4 Å². The van der Waals surface area contributed by atoms with Crippen LogP contribution < -0.4 is 0 Å². The third kappa shape index (κ3) is 36.4. The van der Waals surface area contributed by atoms with Gasteiger partial charge in [0.2, 0.25) is 0 Å². The zero-order valence-corrected chi connectivity index (χ0v) is 43.6. The van der Waals surface area contributed by atoms with Gasteiger partial charge in [0.15, 0.2) is 0 Å². The molecule has 0 aliphatic heterocycles. The number of aliphatic hydroxyl groups excluding tert-OH is 5. The minimum atomic E-state index is -5.02. The highest BCUT2D eigenvalue weighted by molar-refractivity contribution is 7.47. The number of hydrogen-bond donors (Lipinski definition) is 6. The zero-order chi connectivity index (χ0) is 49.1. The van der Waals surface area contributed by atoms with Gasteiger partial charge in [0.1, 0.15) is 42.7 Å². The smallest absolute Gasteiger partial charge is 0.457 e. The topological polar surface area (TPSA) is 192 Å². The Balaban J connectivity index is 2.30. The van der Waals surface area contributed by atoms with Crippen LogP contribution in [0.2, 0.25) is 0 Å². The fourth-order valence-electron chi connectivity index (χ4n) is 8.68. The Labute approximate surface area is 409 Å². The molecule has 13 heteroatoms. The fraction of sp³-hybridized carbons (Fsp3) is 0.907. The van der Waals surface area contributed by atoms with E-state index < -0.39 is 63.1 Å². The predicted molar refractivity (Wildman–Crippen MR) is 272 cm³/mol. The number of rotatable bonds is 48. The molecule has 0 aromatic rings. The van der Waals surface area contributed by atoms with Crippen molar-refractivity contribution in [3.8, 4) is 0 Å². The normalized spacial score (nSPS) is 21.4. The molecule has 396 valence electrons. The van der Waals surface area contributed by atoms with Gasteiger partial charge in [-0.05, 0) is 44.9 Å². The van der Waals surface area contributed by atoms with Crippen molar-refractivity contribution in [2.45, 2.75) is 294 Å². The van der Waals surface area contributed by atoms with Crippen molar-refractivity contribution in [1.29, 1.82) is 0 Å². The van der Waals surface area contributed by atoms with Crippen LogP contribution in [-0.2, 0) is 27.9 Å². The summed E-state index contributed by atoms with van der Waals surface area (Å²) in [7, 11) is -5.02. The third-order valence-corrected chi connectivity index (χ3v) is 14.1. The Morgan fingerprint density at radius 3 is 1.25 bits per heavy atom. The lowest BCUT2D eigenvalue weighted by Gasteiger charge is -2.41. The second kappa shape index (κ2) is 44.7. The van der Waals surface area contributed by atoms with Gasteiger partial charge in [0.05, 0.1) is 13.2 Å². The molecule has 1 saturated carbocycles. The zero-order valence-electron chi connectivity index (χ0n) is 42.7. The number of aliphatic hydroxyl groups is 5. The molecule has 0 aromatic carbocycles. The first kappa shape index (κ1) is 63.8. The second-order valence-electron chi connectivity index (χ2n) is 19.4. The van der Waals surface area contributed by atoms with Crippen LogP contribution in [0.25, 0.3) is 0 Å². The van der Waals surface area contributed by atoms with Gasteiger partial charge in [-0.2, -0.15) is 0 Å². The van der Waals surface area contributed by atoms with Crippen LogP contribution in [0.15, 0.2) is 24.3 Å². The van der Waals surface area contributed by atoms with Gasteiger partial charge in [-0.25, -0.2) is 4.57 Å². The standard InChI is InChI=1S/C54H103O12P/c1-3-5-7-9-11-13-15-17-19-21-23-24-25-27-29-31-33-35-37-39-41-43-48(55)65-47(46-64-67(61,62)66-54-52(59)50(57)49(56)51(58)53(54)60)45-63-44-42-40-38-36-34-32-30-28-26-22-20-18-16-14-12-10-8-6-4-2/h15,17,21,23,47,49-54,56-60H,3-14,16,18-20,22,24-46H2,1-2H3,(H,61,62)/b17-15-,23-21-. The van der Waals surface area contributed by atoms with Crippen molar-refractivity contribution in [3.05, 3.63) is 24.3 Å². The molecule has 1 aliphatic rings. The Kier molecular flexibility index (Phi) is 42.6. The summed E-state index contributed by atoms with van der Waals surface area (Å²) in [6.45, 7) is 4.30. The summed E-state index contributed by atoms with van der Waals surface area (Å²) >= 11 is 0. The van der Waals surface area contributed by atoms with Crippen LogP contribution in [0.5, 0.6) is 0 Å². The summed E-state index contributed by atoms with van der Waals surface area (Å²) in [4.78, 5) is 23.3. The molecular weight excluding hydrogens is 872 g/mol. The molecule has 0 aromatic heterocycles. The first-order valence-corrected chi connectivity index (χ1v) is 29.2. The largest absolute Gasteiger partial charge is 0.472 e. The number of unbranched alkanes of at least 4 members (excludes halogenated alkanes) is 32. The molecular formula is C54H103O12P. The van der Waals surface area contributed by atoms with Crippen LogP contribution in [0.1, 0.15) is 251 Å². The lowest BCUT2D eigenvalue weighted by molar-refractivity contribution is -0.220. The molecule has 6 N–H and O–H groups in total. The van der Waals surface area contributed by atoms with E-state index in [0.29, 0.717) is 13.0 Å². The van der Waals surface area contributed by atoms with E-state index >= 15 is 0 Å². The average Bonchev–Trinajstić information content (AvgIpc) is 3.31. The lowest BCUT2D eigenvalue weighted by atomic mass is 9.85. The van der Waals surface area contributed by atoms with Crippen LogP contribution >= 0.6 is 7.82 Å². The van der Waals surface area contributed by atoms with Gasteiger partial charge in [-0.3, -0.25) is 13.8 Å². The van der Waals surface area contributed by atoms with Crippen LogP contribution in [0.3, 0.4) is 0 Å². The molecule has 1 aliphatic carbocycles. The summed E-state index contributed by atoms with van der Waals surface area (Å²) in [5.74, 6) is -0.476. The average molecular weight is 975 g/mol. The van der Waals surface area contributed by atoms with Crippen molar-refractivity contribution >= 4 is 13.8 Å². The maximum Gasteiger partial charge on any atom is 0.472 e.